The Labute approximate surface area is 197 Å². The molecule has 12 nitrogen and oxygen atoms in total. The van der Waals surface area contributed by atoms with Gasteiger partial charge in [0.2, 0.25) is 0 Å². The van der Waals surface area contributed by atoms with Gasteiger partial charge in [0, 0.05) is 19.3 Å². The van der Waals surface area contributed by atoms with E-state index < -0.39 is 16.8 Å². The summed E-state index contributed by atoms with van der Waals surface area (Å²) in [6.45, 7) is 3.17. The number of rotatable bonds is 15. The number of nitro groups is 1. The Morgan fingerprint density at radius 3 is 2.62 bits per heavy atom. The molecule has 34 heavy (non-hydrogen) atoms. The normalized spacial score (nSPS) is 14.1. The van der Waals surface area contributed by atoms with Crippen LogP contribution in [0.3, 0.4) is 0 Å². The van der Waals surface area contributed by atoms with Crippen molar-refractivity contribution in [3.05, 3.63) is 39.9 Å². The Morgan fingerprint density at radius 1 is 1.12 bits per heavy atom. The van der Waals surface area contributed by atoms with E-state index in [2.05, 4.69) is 22.3 Å². The van der Waals surface area contributed by atoms with Crippen LogP contribution < -0.4 is 0 Å². The Kier molecular flexibility index (Phi) is 9.30. The average Bonchev–Trinajstić information content (AvgIpc) is 3.53. The van der Waals surface area contributed by atoms with E-state index in [1.165, 1.54) is 42.5 Å². The molecular weight excluding hydrogens is 442 g/mol. The quantitative estimate of drug-likeness (QED) is 0.126. The molecule has 0 saturated carbocycles. The average molecular weight is 474 g/mol. The summed E-state index contributed by atoms with van der Waals surface area (Å²) in [5, 5.41) is 24.0. The Balaban J connectivity index is 1.32. The number of imide groups is 1. The van der Waals surface area contributed by atoms with Crippen LogP contribution in [0.15, 0.2) is 27.8 Å². The molecule has 0 N–H and O–H groups in total. The molecule has 3 heterocycles. The molecule has 0 atom stereocenters. The van der Waals surface area contributed by atoms with Gasteiger partial charge in [-0.2, -0.15) is 5.10 Å². The zero-order chi connectivity index (χ0) is 24.3. The maximum absolute atomic E-state index is 12.4. The number of unbranched alkanes of at least 4 members (excludes halogenated alkanes) is 6. The minimum absolute atomic E-state index is 0.126. The second-order valence-electron chi connectivity index (χ2n) is 8.26. The molecule has 2 aromatic rings. The van der Waals surface area contributed by atoms with Gasteiger partial charge in [-0.25, -0.2) is 9.80 Å². The maximum Gasteiger partial charge on any atom is 0.433 e. The van der Waals surface area contributed by atoms with Crippen molar-refractivity contribution in [1.29, 1.82) is 0 Å². The van der Waals surface area contributed by atoms with Crippen molar-refractivity contribution >= 4 is 24.0 Å². The molecule has 1 aliphatic rings. The van der Waals surface area contributed by atoms with Gasteiger partial charge in [0.25, 0.3) is 5.91 Å². The molecule has 3 rings (SSSR count). The first-order chi connectivity index (χ1) is 16.5. The van der Waals surface area contributed by atoms with Crippen molar-refractivity contribution < 1.29 is 18.9 Å². The number of carbonyl (C=O) groups is 2. The van der Waals surface area contributed by atoms with Gasteiger partial charge < -0.3 is 4.42 Å². The highest BCUT2D eigenvalue weighted by Crippen LogP contribution is 2.16. The predicted octanol–water partition coefficient (Wildman–Crippen LogP) is 3.76. The Bertz CT molecular complexity index is 999. The molecule has 0 spiro atoms. The second kappa shape index (κ2) is 12.6. The number of amides is 3. The number of hydrazone groups is 1. The zero-order valence-corrected chi connectivity index (χ0v) is 19.5. The van der Waals surface area contributed by atoms with Crippen LogP contribution in [-0.4, -0.2) is 61.1 Å². The van der Waals surface area contributed by atoms with Crippen LogP contribution in [0.1, 0.15) is 69.7 Å². The zero-order valence-electron chi connectivity index (χ0n) is 19.5. The highest BCUT2D eigenvalue weighted by Gasteiger charge is 2.35. The molecule has 1 saturated heterocycles. The lowest BCUT2D eigenvalue weighted by Gasteiger charge is -2.13. The minimum atomic E-state index is -0.664. The van der Waals surface area contributed by atoms with Gasteiger partial charge in [-0.3, -0.25) is 24.5 Å². The molecule has 1 aliphatic heterocycles. The van der Waals surface area contributed by atoms with Crippen LogP contribution >= 0.6 is 0 Å². The van der Waals surface area contributed by atoms with Crippen molar-refractivity contribution in [3.8, 4) is 0 Å². The number of furan rings is 1. The van der Waals surface area contributed by atoms with Crippen molar-refractivity contribution in [2.45, 2.75) is 71.3 Å². The van der Waals surface area contributed by atoms with Gasteiger partial charge in [0.15, 0.2) is 5.76 Å². The van der Waals surface area contributed by atoms with Crippen LogP contribution in [-0.2, 0) is 17.8 Å². The second-order valence-corrected chi connectivity index (χ2v) is 8.26. The van der Waals surface area contributed by atoms with E-state index in [1.807, 2.05) is 10.9 Å². The summed E-state index contributed by atoms with van der Waals surface area (Å²) in [5.74, 6) is -0.610. The molecule has 184 valence electrons. The molecule has 0 bridgehead atoms. The number of aryl methyl sites for hydroxylation is 2. The van der Waals surface area contributed by atoms with E-state index in [-0.39, 0.29) is 18.2 Å². The lowest BCUT2D eigenvalue weighted by Crippen LogP contribution is -2.32. The van der Waals surface area contributed by atoms with Crippen molar-refractivity contribution in [3.63, 3.8) is 0 Å². The first-order valence-corrected chi connectivity index (χ1v) is 11.8. The topological polar surface area (TPSA) is 140 Å². The molecule has 0 aliphatic carbocycles. The third-order valence-corrected chi connectivity index (χ3v) is 5.55. The molecule has 2 aromatic heterocycles. The van der Waals surface area contributed by atoms with Crippen LogP contribution in [0.5, 0.6) is 0 Å². The van der Waals surface area contributed by atoms with Gasteiger partial charge in [-0.15, -0.1) is 5.10 Å². The summed E-state index contributed by atoms with van der Waals surface area (Å²) < 4.78 is 6.84. The summed E-state index contributed by atoms with van der Waals surface area (Å²) in [7, 11) is 0. The van der Waals surface area contributed by atoms with Gasteiger partial charge in [0.1, 0.15) is 11.5 Å². The molecular formula is C22H31N7O5. The number of carbonyl (C=O) groups excluding carboxylic acids is 2. The largest absolute Gasteiger partial charge is 0.433 e. The number of nitrogens with zero attached hydrogens (tertiary/aromatic N) is 7. The summed E-state index contributed by atoms with van der Waals surface area (Å²) in [6.07, 6.45) is 12.5. The Hall–Kier alpha value is -3.57. The van der Waals surface area contributed by atoms with E-state index in [0.717, 1.165) is 49.4 Å². The third kappa shape index (κ3) is 7.22. The fourth-order valence-electron chi connectivity index (χ4n) is 3.67. The summed E-state index contributed by atoms with van der Waals surface area (Å²) in [4.78, 5) is 35.8. The van der Waals surface area contributed by atoms with Crippen molar-refractivity contribution in [2.75, 3.05) is 13.1 Å². The Morgan fingerprint density at radius 2 is 1.88 bits per heavy atom. The highest BCUT2D eigenvalue weighted by atomic mass is 16.6. The van der Waals surface area contributed by atoms with Crippen LogP contribution in [0.2, 0.25) is 0 Å². The molecule has 0 radical (unpaired) electrons. The number of urea groups is 1. The molecule has 0 aromatic carbocycles. The number of hydrogen-bond donors (Lipinski definition) is 0. The molecule has 0 unspecified atom stereocenters. The van der Waals surface area contributed by atoms with Crippen molar-refractivity contribution in [2.24, 2.45) is 5.10 Å². The van der Waals surface area contributed by atoms with E-state index in [1.54, 1.807) is 0 Å². The van der Waals surface area contributed by atoms with Gasteiger partial charge in [0.05, 0.1) is 18.0 Å². The fraction of sp³-hybridized carbons (Fsp3) is 0.591. The first-order valence-electron chi connectivity index (χ1n) is 11.8. The third-order valence-electron chi connectivity index (χ3n) is 5.55. The SMILES string of the molecule is CCCCCCc1cn(CCCCCCN2C(=O)CN(/N=C/c3ccc([N+](=O)[O-])o3)C2=O)nn1. The van der Waals surface area contributed by atoms with Gasteiger partial charge >= 0.3 is 11.9 Å². The van der Waals surface area contributed by atoms with E-state index >= 15 is 0 Å². The van der Waals surface area contributed by atoms with Gasteiger partial charge in [-0.05, 0) is 31.7 Å². The number of aromatic nitrogens is 3. The molecule has 3 amide bonds. The van der Waals surface area contributed by atoms with E-state index in [9.17, 15) is 19.7 Å². The molecule has 1 fully saturated rings. The lowest BCUT2D eigenvalue weighted by molar-refractivity contribution is -0.402. The maximum atomic E-state index is 12.4. The standard InChI is InChI=1S/C22H31N7O5/c1-2-3-4-7-10-18-16-26(25-24-18)13-8-5-6-9-14-27-20(30)17-28(22(27)31)23-15-19-11-12-21(34-19)29(32)33/h11-12,15-16H,2-10,13-14,17H2,1H3/b23-15+. The first kappa shape index (κ1) is 25.1. The monoisotopic (exact) mass is 473 g/mol. The highest BCUT2D eigenvalue weighted by molar-refractivity contribution is 6.02. The summed E-state index contributed by atoms with van der Waals surface area (Å²) in [6, 6.07) is 2.06. The van der Waals surface area contributed by atoms with Crippen LogP contribution in [0, 0.1) is 10.1 Å². The smallest absolute Gasteiger partial charge is 0.400 e. The van der Waals surface area contributed by atoms with E-state index in [4.69, 9.17) is 4.42 Å². The molecule has 12 heteroatoms. The fourth-order valence-corrected chi connectivity index (χ4v) is 3.67. The lowest BCUT2D eigenvalue weighted by atomic mass is 10.1. The number of hydrogen-bond acceptors (Lipinski definition) is 8. The van der Waals surface area contributed by atoms with Crippen LogP contribution in [0.4, 0.5) is 10.7 Å². The summed E-state index contributed by atoms with van der Waals surface area (Å²) in [5.41, 5.74) is 1.04. The summed E-state index contributed by atoms with van der Waals surface area (Å²) >= 11 is 0. The van der Waals surface area contributed by atoms with Gasteiger partial charge in [-0.1, -0.05) is 44.2 Å². The van der Waals surface area contributed by atoms with Crippen molar-refractivity contribution in [1.82, 2.24) is 24.9 Å². The van der Waals surface area contributed by atoms with E-state index in [0.29, 0.717) is 13.0 Å². The predicted molar refractivity (Wildman–Crippen MR) is 123 cm³/mol. The van der Waals surface area contributed by atoms with Crippen LogP contribution in [0.25, 0.3) is 0 Å². The minimum Gasteiger partial charge on any atom is -0.400 e.